The van der Waals surface area contributed by atoms with Crippen LogP contribution in [0.1, 0.15) is 0 Å². The number of fused-ring (bicyclic) bond motifs is 6. The molecule has 0 bridgehead atoms. The highest BCUT2D eigenvalue weighted by Gasteiger charge is 2.14. The van der Waals surface area contributed by atoms with E-state index < -0.39 is 0 Å². The maximum atomic E-state index is 2.37. The molecule has 2 nitrogen and oxygen atoms in total. The SMILES string of the molecule is c1ccc2c(c1)c1ccccc1n2-c1ccc([SH+]c2ccc(-n3c4ccccc4c4ccccc43)cc2)cc1. The number of aromatic nitrogens is 2. The Kier molecular flexibility index (Phi) is 5.10. The molecule has 2 heterocycles. The summed E-state index contributed by atoms with van der Waals surface area (Å²) in [4.78, 5) is 2.56. The lowest BCUT2D eigenvalue weighted by molar-refractivity contribution is 1.16. The summed E-state index contributed by atoms with van der Waals surface area (Å²) >= 11 is 1.20. The predicted octanol–water partition coefficient (Wildman–Crippen LogP) is 9.11. The molecule has 0 radical (unpaired) electrons. The molecule has 0 atom stereocenters. The molecule has 0 aliphatic rings. The summed E-state index contributed by atoms with van der Waals surface area (Å²) < 4.78 is 4.73. The lowest BCUT2D eigenvalue weighted by Crippen LogP contribution is -1.95. The van der Waals surface area contributed by atoms with Gasteiger partial charge in [0.2, 0.25) is 0 Å². The number of thiol groups is 1. The van der Waals surface area contributed by atoms with Gasteiger partial charge in [0.15, 0.2) is 9.79 Å². The van der Waals surface area contributed by atoms with Crippen LogP contribution in [0, 0.1) is 0 Å². The van der Waals surface area contributed by atoms with E-state index in [4.69, 9.17) is 0 Å². The number of hydrogen-bond donors (Lipinski definition) is 0. The fourth-order valence-corrected chi connectivity index (χ4v) is 6.80. The van der Waals surface area contributed by atoms with Crippen molar-refractivity contribution in [3.05, 3.63) is 146 Å². The fourth-order valence-electron chi connectivity index (χ4n) is 5.90. The zero-order chi connectivity index (χ0) is 25.8. The zero-order valence-corrected chi connectivity index (χ0v) is 22.1. The topological polar surface area (TPSA) is 9.86 Å². The summed E-state index contributed by atoms with van der Waals surface area (Å²) in [6.07, 6.45) is 0. The molecule has 0 aliphatic heterocycles. The van der Waals surface area contributed by atoms with Gasteiger partial charge in [-0.2, -0.15) is 0 Å². The molecule has 0 fully saturated rings. The number of hydrogen-bond acceptors (Lipinski definition) is 0. The number of rotatable bonds is 4. The molecule has 0 N–H and O–H groups in total. The first-order valence-corrected chi connectivity index (χ1v) is 14.1. The molecule has 0 unspecified atom stereocenters. The quantitative estimate of drug-likeness (QED) is 0.163. The van der Waals surface area contributed by atoms with E-state index in [1.165, 1.54) is 76.5 Å². The Morgan fingerprint density at radius 1 is 0.308 bits per heavy atom. The van der Waals surface area contributed by atoms with Gasteiger partial charge in [-0.15, -0.1) is 0 Å². The molecule has 3 heteroatoms. The monoisotopic (exact) mass is 517 g/mol. The summed E-state index contributed by atoms with van der Waals surface area (Å²) in [6, 6.07) is 52.6. The highest BCUT2D eigenvalue weighted by molar-refractivity contribution is 7.78. The van der Waals surface area contributed by atoms with E-state index >= 15 is 0 Å². The second-order valence-electron chi connectivity index (χ2n) is 9.88. The molecule has 0 amide bonds. The van der Waals surface area contributed by atoms with Crippen molar-refractivity contribution in [3.63, 3.8) is 0 Å². The minimum Gasteiger partial charge on any atom is -0.309 e. The largest absolute Gasteiger partial charge is 0.309 e. The van der Waals surface area contributed by atoms with Crippen LogP contribution in [0.5, 0.6) is 0 Å². The summed E-state index contributed by atoms with van der Waals surface area (Å²) in [5, 5.41) is 5.16. The van der Waals surface area contributed by atoms with E-state index in [2.05, 4.69) is 155 Å². The molecule has 8 rings (SSSR count). The van der Waals surface area contributed by atoms with Gasteiger partial charge >= 0.3 is 0 Å². The summed E-state index contributed by atoms with van der Waals surface area (Å²) in [6.45, 7) is 0. The Bertz CT molecular complexity index is 1870. The van der Waals surface area contributed by atoms with Gasteiger partial charge in [0.05, 0.1) is 22.1 Å². The van der Waals surface area contributed by atoms with Crippen molar-refractivity contribution in [2.24, 2.45) is 0 Å². The molecular formula is C36H25N2S+. The number of nitrogens with zero attached hydrogens (tertiary/aromatic N) is 2. The van der Waals surface area contributed by atoms with Crippen LogP contribution in [0.2, 0.25) is 0 Å². The summed E-state index contributed by atoms with van der Waals surface area (Å²) in [5.74, 6) is 0. The third-order valence-corrected chi connectivity index (χ3v) is 8.75. The van der Waals surface area contributed by atoms with E-state index in [9.17, 15) is 0 Å². The summed E-state index contributed by atoms with van der Waals surface area (Å²) in [7, 11) is 0. The van der Waals surface area contributed by atoms with Crippen molar-refractivity contribution in [2.45, 2.75) is 9.79 Å². The van der Waals surface area contributed by atoms with Crippen molar-refractivity contribution < 1.29 is 0 Å². The van der Waals surface area contributed by atoms with Crippen LogP contribution in [0.25, 0.3) is 55.0 Å². The predicted molar refractivity (Wildman–Crippen MR) is 167 cm³/mol. The number of para-hydroxylation sites is 4. The van der Waals surface area contributed by atoms with Gasteiger partial charge in [-0.05, 0) is 72.8 Å². The smallest absolute Gasteiger partial charge is 0.158 e. The van der Waals surface area contributed by atoms with Gasteiger partial charge < -0.3 is 9.13 Å². The highest BCUT2D eigenvalue weighted by Crippen LogP contribution is 2.33. The van der Waals surface area contributed by atoms with E-state index in [-0.39, 0.29) is 0 Å². The molecule has 0 saturated heterocycles. The van der Waals surface area contributed by atoms with Crippen LogP contribution in [-0.2, 0) is 11.8 Å². The fraction of sp³-hybridized carbons (Fsp3) is 0. The molecule has 0 saturated carbocycles. The van der Waals surface area contributed by atoms with E-state index in [1.807, 2.05) is 0 Å². The van der Waals surface area contributed by atoms with E-state index in [0.29, 0.717) is 0 Å². The minimum absolute atomic E-state index is 1.19. The molecule has 6 aromatic carbocycles. The molecule has 0 aliphatic carbocycles. The first kappa shape index (κ1) is 22.3. The molecule has 184 valence electrons. The molecule has 0 spiro atoms. The lowest BCUT2D eigenvalue weighted by atomic mass is 10.2. The van der Waals surface area contributed by atoms with Crippen LogP contribution >= 0.6 is 0 Å². The van der Waals surface area contributed by atoms with Gasteiger partial charge in [-0.25, -0.2) is 0 Å². The Hall–Kier alpha value is -4.73. The standard InChI is InChI=1S/C36H24N2S/c1-5-13-33-29(9-1)30-10-2-6-14-34(30)37(33)25-17-21-27(22-18-25)39-28-23-19-26(20-24-28)38-35-15-7-3-11-31(35)32-12-4-8-16-36(32)38/h1-24H/p+1. The first-order valence-electron chi connectivity index (χ1n) is 13.2. The lowest BCUT2D eigenvalue weighted by Gasteiger charge is -2.08. The summed E-state index contributed by atoms with van der Waals surface area (Å²) in [5.41, 5.74) is 7.34. The third kappa shape index (κ3) is 3.58. The number of benzene rings is 6. The molecule has 39 heavy (non-hydrogen) atoms. The van der Waals surface area contributed by atoms with Crippen molar-refractivity contribution in [2.75, 3.05) is 0 Å². The van der Waals surface area contributed by atoms with Gasteiger partial charge in [0.25, 0.3) is 0 Å². The van der Waals surface area contributed by atoms with Crippen LogP contribution in [-0.4, -0.2) is 9.13 Å². The van der Waals surface area contributed by atoms with E-state index in [0.717, 1.165) is 0 Å². The average molecular weight is 518 g/mol. The van der Waals surface area contributed by atoms with Crippen LogP contribution in [0.4, 0.5) is 0 Å². The van der Waals surface area contributed by atoms with Crippen molar-refractivity contribution in [1.82, 2.24) is 9.13 Å². The molecular weight excluding hydrogens is 492 g/mol. The van der Waals surface area contributed by atoms with Gasteiger partial charge in [-0.3, -0.25) is 0 Å². The first-order chi connectivity index (χ1) is 19.3. The van der Waals surface area contributed by atoms with Gasteiger partial charge in [0.1, 0.15) is 0 Å². The Morgan fingerprint density at radius 2 is 0.590 bits per heavy atom. The Morgan fingerprint density at radius 3 is 0.897 bits per heavy atom. The molecule has 2 aromatic heterocycles. The highest BCUT2D eigenvalue weighted by atomic mass is 32.2. The van der Waals surface area contributed by atoms with Crippen molar-refractivity contribution in [3.8, 4) is 11.4 Å². The normalized spacial score (nSPS) is 11.7. The van der Waals surface area contributed by atoms with Gasteiger partial charge in [-0.1, -0.05) is 72.8 Å². The third-order valence-electron chi connectivity index (χ3n) is 7.63. The zero-order valence-electron chi connectivity index (χ0n) is 21.2. The maximum Gasteiger partial charge on any atom is 0.158 e. The van der Waals surface area contributed by atoms with Crippen molar-refractivity contribution in [1.29, 1.82) is 0 Å². The van der Waals surface area contributed by atoms with Crippen LogP contribution < -0.4 is 0 Å². The van der Waals surface area contributed by atoms with Crippen LogP contribution in [0.15, 0.2) is 155 Å². The van der Waals surface area contributed by atoms with E-state index in [1.54, 1.807) is 0 Å². The van der Waals surface area contributed by atoms with Gasteiger partial charge in [0, 0.05) is 44.7 Å². The Balaban J connectivity index is 1.12. The maximum absolute atomic E-state index is 2.37. The second kappa shape index (κ2) is 8.93. The van der Waals surface area contributed by atoms with Crippen LogP contribution in [0.3, 0.4) is 0 Å². The Labute approximate surface area is 230 Å². The average Bonchev–Trinajstić information content (AvgIpc) is 3.51. The second-order valence-corrected chi connectivity index (χ2v) is 11.1. The minimum atomic E-state index is 1.19. The van der Waals surface area contributed by atoms with Crippen molar-refractivity contribution >= 4 is 55.4 Å². The molecule has 8 aromatic rings.